The van der Waals surface area contributed by atoms with Gasteiger partial charge in [-0.05, 0) is 13.8 Å². The zero-order valence-corrected chi connectivity index (χ0v) is 10.9. The molecule has 2 unspecified atom stereocenters. The predicted octanol–water partition coefficient (Wildman–Crippen LogP) is -0.429. The highest BCUT2D eigenvalue weighted by Gasteiger charge is 2.58. The van der Waals surface area contributed by atoms with Crippen LogP contribution in [0.4, 0.5) is 5.82 Å². The molecule has 7 heteroatoms. The maximum atomic E-state index is 11.9. The number of nitrogens with two attached hydrogens (primary N) is 1. The number of aromatic nitrogens is 2. The van der Waals surface area contributed by atoms with Gasteiger partial charge < -0.3 is 20.3 Å². The zero-order chi connectivity index (χ0) is 13.8. The number of ether oxygens (including phenoxy) is 2. The number of rotatable bonds is 2. The van der Waals surface area contributed by atoms with E-state index in [1.54, 1.807) is 13.1 Å². The van der Waals surface area contributed by atoms with Crippen LogP contribution in [0.1, 0.15) is 25.1 Å². The van der Waals surface area contributed by atoms with Crippen molar-refractivity contribution >= 4 is 5.82 Å². The Morgan fingerprint density at radius 1 is 1.68 bits per heavy atom. The molecule has 104 valence electrons. The Bertz CT molecular complexity index is 573. The van der Waals surface area contributed by atoms with Gasteiger partial charge in [-0.2, -0.15) is 4.98 Å². The highest BCUT2D eigenvalue weighted by atomic mass is 16.6. The molecular weight excluding hydrogens is 250 g/mol. The Kier molecular flexibility index (Phi) is 2.67. The summed E-state index contributed by atoms with van der Waals surface area (Å²) >= 11 is 0. The summed E-state index contributed by atoms with van der Waals surface area (Å²) in [6.07, 6.45) is 1.21. The Morgan fingerprint density at radius 2 is 2.42 bits per heavy atom. The van der Waals surface area contributed by atoms with E-state index in [1.807, 2.05) is 6.92 Å². The fraction of sp³-hybridized carbons (Fsp3) is 0.667. The third-order valence-corrected chi connectivity index (χ3v) is 4.06. The van der Waals surface area contributed by atoms with Crippen LogP contribution in [0, 0.1) is 6.92 Å². The third-order valence-electron chi connectivity index (χ3n) is 4.06. The third kappa shape index (κ3) is 1.69. The van der Waals surface area contributed by atoms with Crippen molar-refractivity contribution in [1.82, 2.24) is 9.55 Å². The lowest BCUT2D eigenvalue weighted by Gasteiger charge is -2.34. The van der Waals surface area contributed by atoms with Crippen LogP contribution < -0.4 is 11.4 Å². The number of hydrogen-bond acceptors (Lipinski definition) is 6. The molecule has 2 aliphatic heterocycles. The molecule has 0 radical (unpaired) electrons. The molecule has 1 aromatic rings. The average molecular weight is 267 g/mol. The van der Waals surface area contributed by atoms with E-state index in [2.05, 4.69) is 4.98 Å². The van der Waals surface area contributed by atoms with Crippen molar-refractivity contribution in [2.24, 2.45) is 0 Å². The number of aliphatic hydroxyl groups is 1. The van der Waals surface area contributed by atoms with E-state index in [0.29, 0.717) is 12.0 Å². The first kappa shape index (κ1) is 12.6. The molecule has 2 fully saturated rings. The number of hydrogen-bond donors (Lipinski definition) is 2. The van der Waals surface area contributed by atoms with Crippen LogP contribution in [0.15, 0.2) is 11.0 Å². The van der Waals surface area contributed by atoms with Crippen LogP contribution in [-0.4, -0.2) is 39.1 Å². The largest absolute Gasteiger partial charge is 0.393 e. The highest BCUT2D eigenvalue weighted by Crippen LogP contribution is 2.47. The summed E-state index contributed by atoms with van der Waals surface area (Å²) in [5.41, 5.74) is 5.12. The van der Waals surface area contributed by atoms with E-state index >= 15 is 0 Å². The minimum atomic E-state index is -0.718. The molecule has 2 aliphatic rings. The Labute approximate surface area is 110 Å². The fourth-order valence-corrected chi connectivity index (χ4v) is 2.80. The SMILES string of the molecule is Cc1cn([C@@H]2O[C@]3(CO)CC2OC3C)c(=O)nc1N. The van der Waals surface area contributed by atoms with E-state index < -0.39 is 17.5 Å². The smallest absolute Gasteiger partial charge is 0.351 e. The number of fused-ring (bicyclic) bond motifs is 2. The van der Waals surface area contributed by atoms with Crippen molar-refractivity contribution < 1.29 is 14.6 Å². The van der Waals surface area contributed by atoms with Crippen LogP contribution in [0.25, 0.3) is 0 Å². The molecule has 0 aromatic carbocycles. The van der Waals surface area contributed by atoms with Gasteiger partial charge >= 0.3 is 5.69 Å². The summed E-state index contributed by atoms with van der Waals surface area (Å²) in [5, 5.41) is 9.52. The Morgan fingerprint density at radius 3 is 3.05 bits per heavy atom. The van der Waals surface area contributed by atoms with Crippen molar-refractivity contribution in [3.8, 4) is 0 Å². The second kappa shape index (κ2) is 4.03. The van der Waals surface area contributed by atoms with Crippen molar-refractivity contribution in [2.75, 3.05) is 12.3 Å². The van der Waals surface area contributed by atoms with Gasteiger partial charge in [0.05, 0.1) is 12.7 Å². The average Bonchev–Trinajstić information content (AvgIpc) is 2.88. The van der Waals surface area contributed by atoms with Gasteiger partial charge in [-0.15, -0.1) is 0 Å². The summed E-state index contributed by atoms with van der Waals surface area (Å²) in [5.74, 6) is 0.218. The van der Waals surface area contributed by atoms with Gasteiger partial charge in [0.25, 0.3) is 0 Å². The molecule has 3 rings (SSSR count). The van der Waals surface area contributed by atoms with Crippen LogP contribution >= 0.6 is 0 Å². The fourth-order valence-electron chi connectivity index (χ4n) is 2.80. The number of aryl methyl sites for hydroxylation is 1. The van der Waals surface area contributed by atoms with E-state index in [4.69, 9.17) is 15.2 Å². The second-order valence-corrected chi connectivity index (χ2v) is 5.25. The van der Waals surface area contributed by atoms with Crippen LogP contribution in [0.5, 0.6) is 0 Å². The molecule has 0 amide bonds. The number of anilines is 1. The van der Waals surface area contributed by atoms with Gasteiger partial charge in [-0.3, -0.25) is 4.57 Å². The normalized spacial score (nSPS) is 36.9. The van der Waals surface area contributed by atoms with Gasteiger partial charge in [0, 0.05) is 18.2 Å². The molecule has 2 saturated heterocycles. The lowest BCUT2D eigenvalue weighted by atomic mass is 9.98. The van der Waals surface area contributed by atoms with Crippen molar-refractivity contribution in [3.05, 3.63) is 22.2 Å². The monoisotopic (exact) mass is 267 g/mol. The number of nitrogens with zero attached hydrogens (tertiary/aromatic N) is 2. The molecule has 3 N–H and O–H groups in total. The molecule has 0 saturated carbocycles. The van der Waals surface area contributed by atoms with E-state index in [-0.39, 0.29) is 24.6 Å². The minimum Gasteiger partial charge on any atom is -0.393 e. The van der Waals surface area contributed by atoms with Gasteiger partial charge in [-0.25, -0.2) is 4.79 Å². The molecule has 3 heterocycles. The number of aliphatic hydroxyl groups excluding tert-OH is 1. The zero-order valence-electron chi connectivity index (χ0n) is 10.9. The number of nitrogen functional groups attached to an aromatic ring is 1. The molecule has 4 atom stereocenters. The summed E-state index contributed by atoms with van der Waals surface area (Å²) in [6.45, 7) is 3.51. The summed E-state index contributed by atoms with van der Waals surface area (Å²) in [4.78, 5) is 15.7. The standard InChI is InChI=1S/C12H17N3O4/c1-6-4-15(11(17)14-9(6)13)10-8-3-12(5-16,19-10)7(2)18-8/h4,7-8,10,16H,3,5H2,1-2H3,(H2,13,14,17)/t7?,8?,10-,12+/m1/s1. The summed E-state index contributed by atoms with van der Waals surface area (Å²) < 4.78 is 13.0. The van der Waals surface area contributed by atoms with Crippen LogP contribution in [0.3, 0.4) is 0 Å². The minimum absolute atomic E-state index is 0.128. The van der Waals surface area contributed by atoms with Gasteiger partial charge in [-0.1, -0.05) is 0 Å². The van der Waals surface area contributed by atoms with E-state index in [1.165, 1.54) is 4.57 Å². The van der Waals surface area contributed by atoms with Crippen molar-refractivity contribution in [1.29, 1.82) is 0 Å². The molecule has 0 spiro atoms. The van der Waals surface area contributed by atoms with Gasteiger partial charge in [0.2, 0.25) is 0 Å². The lowest BCUT2D eigenvalue weighted by Crippen LogP contribution is -2.46. The Balaban J connectivity index is 1.98. The Hall–Kier alpha value is -1.44. The molecule has 2 bridgehead atoms. The molecule has 7 nitrogen and oxygen atoms in total. The van der Waals surface area contributed by atoms with Gasteiger partial charge in [0.15, 0.2) is 6.23 Å². The highest BCUT2D eigenvalue weighted by molar-refractivity contribution is 5.35. The summed E-state index contributed by atoms with van der Waals surface area (Å²) in [6, 6.07) is 0. The maximum absolute atomic E-state index is 11.9. The van der Waals surface area contributed by atoms with E-state index in [9.17, 15) is 9.90 Å². The molecule has 0 aliphatic carbocycles. The first-order valence-electron chi connectivity index (χ1n) is 6.26. The first-order chi connectivity index (χ1) is 8.97. The van der Waals surface area contributed by atoms with Crippen LogP contribution in [-0.2, 0) is 9.47 Å². The quantitative estimate of drug-likeness (QED) is 0.754. The topological polar surface area (TPSA) is 99.6 Å². The summed E-state index contributed by atoms with van der Waals surface area (Å²) in [7, 11) is 0. The molecular formula is C12H17N3O4. The maximum Gasteiger partial charge on any atom is 0.351 e. The predicted molar refractivity (Wildman–Crippen MR) is 66.5 cm³/mol. The molecule has 1 aromatic heterocycles. The van der Waals surface area contributed by atoms with Crippen molar-refractivity contribution in [3.63, 3.8) is 0 Å². The van der Waals surface area contributed by atoms with Gasteiger partial charge in [0.1, 0.15) is 17.5 Å². The van der Waals surface area contributed by atoms with Crippen molar-refractivity contribution in [2.45, 2.75) is 44.3 Å². The van der Waals surface area contributed by atoms with E-state index in [0.717, 1.165) is 0 Å². The molecule has 19 heavy (non-hydrogen) atoms. The first-order valence-corrected chi connectivity index (χ1v) is 6.26. The second-order valence-electron chi connectivity index (χ2n) is 5.25. The van der Waals surface area contributed by atoms with Crippen LogP contribution in [0.2, 0.25) is 0 Å². The lowest BCUT2D eigenvalue weighted by molar-refractivity contribution is -0.216.